The molecule has 0 spiro atoms. The Morgan fingerprint density at radius 2 is 1.81 bits per heavy atom. The topological polar surface area (TPSA) is 102 Å². The molecular weight excluding hydrogens is 490 g/mol. The Morgan fingerprint density at radius 3 is 2.47 bits per heavy atom. The number of morpholine rings is 1. The molecule has 0 unspecified atom stereocenters. The number of anilines is 1. The summed E-state index contributed by atoms with van der Waals surface area (Å²) in [6.45, 7) is 3.83. The second-order valence-electron chi connectivity index (χ2n) is 7.73. The molecule has 0 radical (unpaired) electrons. The van der Waals surface area contributed by atoms with E-state index in [9.17, 15) is 17.2 Å². The number of pyridine rings is 2. The zero-order valence-corrected chi connectivity index (χ0v) is 20.2. The SMILES string of the molecule is C1COCCN1.COc1ncc(-c2ccc3ncccc3c2)cc1NS(=O)(=O)c1ccc(F)cc1F. The van der Waals surface area contributed by atoms with Gasteiger partial charge in [0.15, 0.2) is 0 Å². The van der Waals surface area contributed by atoms with E-state index >= 15 is 0 Å². The highest BCUT2D eigenvalue weighted by molar-refractivity contribution is 7.92. The quantitative estimate of drug-likeness (QED) is 0.415. The average molecular weight is 515 g/mol. The summed E-state index contributed by atoms with van der Waals surface area (Å²) >= 11 is 0. The van der Waals surface area contributed by atoms with Crippen molar-refractivity contribution >= 4 is 26.6 Å². The van der Waals surface area contributed by atoms with Gasteiger partial charge in [0.2, 0.25) is 5.88 Å². The molecule has 2 aromatic carbocycles. The van der Waals surface area contributed by atoms with Crippen LogP contribution in [0.15, 0.2) is 71.9 Å². The maximum atomic E-state index is 14.0. The number of benzene rings is 2. The van der Waals surface area contributed by atoms with Crippen LogP contribution in [0.2, 0.25) is 0 Å². The predicted molar refractivity (Wildman–Crippen MR) is 132 cm³/mol. The molecule has 5 rings (SSSR count). The zero-order chi connectivity index (χ0) is 25.5. The summed E-state index contributed by atoms with van der Waals surface area (Å²) in [4.78, 5) is 7.73. The smallest absolute Gasteiger partial charge is 0.264 e. The van der Waals surface area contributed by atoms with Crippen LogP contribution in [0.5, 0.6) is 5.88 Å². The van der Waals surface area contributed by atoms with Crippen molar-refractivity contribution in [1.29, 1.82) is 0 Å². The maximum Gasteiger partial charge on any atom is 0.264 e. The van der Waals surface area contributed by atoms with Crippen molar-refractivity contribution in [2.75, 3.05) is 38.1 Å². The predicted octanol–water partition coefficient (Wildman–Crippen LogP) is 3.99. The monoisotopic (exact) mass is 514 g/mol. The number of halogens is 2. The van der Waals surface area contributed by atoms with E-state index in [-0.39, 0.29) is 11.6 Å². The normalized spacial score (nSPS) is 13.5. The van der Waals surface area contributed by atoms with Crippen molar-refractivity contribution in [3.05, 3.63) is 78.6 Å². The van der Waals surface area contributed by atoms with Crippen molar-refractivity contribution in [2.24, 2.45) is 0 Å². The number of nitrogens with one attached hydrogen (secondary N) is 2. The minimum absolute atomic E-state index is 0.00676. The van der Waals surface area contributed by atoms with Gasteiger partial charge in [-0.3, -0.25) is 9.71 Å². The molecule has 2 N–H and O–H groups in total. The number of hydrogen-bond acceptors (Lipinski definition) is 7. The molecule has 11 heteroatoms. The summed E-state index contributed by atoms with van der Waals surface area (Å²) in [5, 5.41) is 4.06. The highest BCUT2D eigenvalue weighted by Crippen LogP contribution is 2.31. The summed E-state index contributed by atoms with van der Waals surface area (Å²) in [7, 11) is -3.02. The summed E-state index contributed by atoms with van der Waals surface area (Å²) < 4.78 is 64.9. The minimum atomic E-state index is -4.35. The lowest BCUT2D eigenvalue weighted by Crippen LogP contribution is -2.30. The fourth-order valence-electron chi connectivity index (χ4n) is 3.51. The van der Waals surface area contributed by atoms with Gasteiger partial charge in [-0.15, -0.1) is 0 Å². The van der Waals surface area contributed by atoms with Gasteiger partial charge in [0, 0.05) is 42.5 Å². The Bertz CT molecular complexity index is 1450. The second-order valence-corrected chi connectivity index (χ2v) is 9.39. The number of methoxy groups -OCH3 is 1. The number of fused-ring (bicyclic) bond motifs is 1. The summed E-state index contributed by atoms with van der Waals surface area (Å²) in [5.41, 5.74) is 2.22. The highest BCUT2D eigenvalue weighted by atomic mass is 32.2. The molecular formula is C25H24F2N4O4S. The number of aromatic nitrogens is 2. The Morgan fingerprint density at radius 1 is 1.00 bits per heavy atom. The molecule has 36 heavy (non-hydrogen) atoms. The molecule has 0 bridgehead atoms. The first-order valence-corrected chi connectivity index (χ1v) is 12.5. The zero-order valence-electron chi connectivity index (χ0n) is 19.4. The standard InChI is InChI=1S/C21H15F2N3O3S.C4H9NO/c1-29-21-19(26-30(27,28)20-7-5-16(22)11-17(20)23)10-15(12-25-21)13-4-6-18-14(9-13)3-2-8-24-18;1-3-6-4-2-5-1/h2-12,26H,1H3;5H,1-4H2. The van der Waals surface area contributed by atoms with Gasteiger partial charge in [-0.1, -0.05) is 12.1 Å². The molecule has 8 nitrogen and oxygen atoms in total. The Balaban J connectivity index is 0.000000445. The maximum absolute atomic E-state index is 14.0. The van der Waals surface area contributed by atoms with Crippen LogP contribution in [0.3, 0.4) is 0 Å². The first kappa shape index (κ1) is 25.4. The molecule has 0 atom stereocenters. The van der Waals surface area contributed by atoms with Crippen molar-refractivity contribution in [3.8, 4) is 17.0 Å². The molecule has 188 valence electrons. The van der Waals surface area contributed by atoms with Gasteiger partial charge in [0.05, 0.1) is 25.8 Å². The highest BCUT2D eigenvalue weighted by Gasteiger charge is 2.22. The van der Waals surface area contributed by atoms with Crippen LogP contribution in [0.25, 0.3) is 22.0 Å². The summed E-state index contributed by atoms with van der Waals surface area (Å²) in [6.07, 6.45) is 3.23. The lowest BCUT2D eigenvalue weighted by Gasteiger charge is -2.13. The van der Waals surface area contributed by atoms with Gasteiger partial charge in [-0.25, -0.2) is 22.2 Å². The Labute approximate surface area is 207 Å². The second kappa shape index (κ2) is 11.4. The van der Waals surface area contributed by atoms with Crippen LogP contribution in [0.1, 0.15) is 0 Å². The Kier molecular flexibility index (Phi) is 8.04. The van der Waals surface area contributed by atoms with E-state index in [2.05, 4.69) is 20.0 Å². The third kappa shape index (κ3) is 6.11. The van der Waals surface area contributed by atoms with E-state index in [0.29, 0.717) is 11.6 Å². The first-order chi connectivity index (χ1) is 17.4. The molecule has 2 aromatic heterocycles. The average Bonchev–Trinajstić information content (AvgIpc) is 2.89. The minimum Gasteiger partial charge on any atom is -0.480 e. The van der Waals surface area contributed by atoms with E-state index in [1.54, 1.807) is 6.20 Å². The van der Waals surface area contributed by atoms with Crippen LogP contribution in [-0.4, -0.2) is 51.8 Å². The molecule has 1 aliphatic rings. The molecule has 0 saturated carbocycles. The molecule has 3 heterocycles. The van der Waals surface area contributed by atoms with Gasteiger partial charge in [-0.05, 0) is 42.0 Å². The molecule has 0 amide bonds. The van der Waals surface area contributed by atoms with E-state index in [0.717, 1.165) is 54.9 Å². The van der Waals surface area contributed by atoms with Crippen molar-refractivity contribution in [2.45, 2.75) is 4.90 Å². The largest absolute Gasteiger partial charge is 0.480 e. The molecule has 1 saturated heterocycles. The van der Waals surface area contributed by atoms with Crippen molar-refractivity contribution in [3.63, 3.8) is 0 Å². The van der Waals surface area contributed by atoms with E-state index in [1.807, 2.05) is 30.3 Å². The van der Waals surface area contributed by atoms with E-state index in [4.69, 9.17) is 9.47 Å². The van der Waals surface area contributed by atoms with Crippen LogP contribution in [0, 0.1) is 11.6 Å². The number of nitrogens with zero attached hydrogens (tertiary/aromatic N) is 2. The summed E-state index contributed by atoms with van der Waals surface area (Å²) in [5.74, 6) is -2.07. The number of sulfonamides is 1. The van der Waals surface area contributed by atoms with Crippen LogP contribution >= 0.6 is 0 Å². The van der Waals surface area contributed by atoms with Crippen LogP contribution in [0.4, 0.5) is 14.5 Å². The third-order valence-corrected chi connectivity index (χ3v) is 6.65. The van der Waals surface area contributed by atoms with Crippen molar-refractivity contribution < 1.29 is 26.7 Å². The fraction of sp³-hybridized carbons (Fsp3) is 0.200. The molecule has 4 aromatic rings. The summed E-state index contributed by atoms with van der Waals surface area (Å²) in [6, 6.07) is 13.0. The molecule has 1 aliphatic heterocycles. The van der Waals surface area contributed by atoms with Crippen LogP contribution < -0.4 is 14.8 Å². The lowest BCUT2D eigenvalue weighted by atomic mass is 10.0. The molecule has 0 aliphatic carbocycles. The van der Waals surface area contributed by atoms with E-state index < -0.39 is 26.6 Å². The van der Waals surface area contributed by atoms with Gasteiger partial charge in [0.25, 0.3) is 10.0 Å². The Hall–Kier alpha value is -3.67. The number of rotatable bonds is 5. The molecule has 1 fully saturated rings. The third-order valence-electron chi connectivity index (χ3n) is 5.25. The van der Waals surface area contributed by atoms with Gasteiger partial charge in [0.1, 0.15) is 22.2 Å². The van der Waals surface area contributed by atoms with Crippen LogP contribution in [-0.2, 0) is 14.8 Å². The van der Waals surface area contributed by atoms with Crippen molar-refractivity contribution in [1.82, 2.24) is 15.3 Å². The van der Waals surface area contributed by atoms with Gasteiger partial charge >= 0.3 is 0 Å². The van der Waals surface area contributed by atoms with Gasteiger partial charge in [-0.2, -0.15) is 0 Å². The first-order valence-electron chi connectivity index (χ1n) is 11.0. The van der Waals surface area contributed by atoms with Gasteiger partial charge < -0.3 is 14.8 Å². The number of hydrogen-bond donors (Lipinski definition) is 2. The lowest BCUT2D eigenvalue weighted by molar-refractivity contribution is 0.109. The fourth-order valence-corrected chi connectivity index (χ4v) is 4.62. The van der Waals surface area contributed by atoms with E-state index in [1.165, 1.54) is 19.4 Å². The number of ether oxygens (including phenoxy) is 2.